The Morgan fingerprint density at radius 1 is 1.44 bits per heavy atom. The molecule has 0 aliphatic carbocycles. The van der Waals surface area contributed by atoms with Gasteiger partial charge in [0.1, 0.15) is 5.82 Å². The van der Waals surface area contributed by atoms with Crippen LogP contribution >= 0.6 is 27.3 Å². The fourth-order valence-corrected chi connectivity index (χ4v) is 2.68. The number of halogens is 2. The van der Waals surface area contributed by atoms with Crippen molar-refractivity contribution >= 4 is 32.4 Å². The van der Waals surface area contributed by atoms with E-state index in [9.17, 15) is 4.39 Å². The molecule has 0 amide bonds. The summed E-state index contributed by atoms with van der Waals surface area (Å²) in [6, 6.07) is 5.18. The topological polar surface area (TPSA) is 42.2 Å². The van der Waals surface area contributed by atoms with Crippen LogP contribution in [-0.2, 0) is 13.1 Å². The van der Waals surface area contributed by atoms with Crippen molar-refractivity contribution in [3.8, 4) is 0 Å². The third-order valence-electron chi connectivity index (χ3n) is 2.43. The lowest BCUT2D eigenvalue weighted by atomic mass is 10.2. The number of thiazole rings is 1. The van der Waals surface area contributed by atoms with Crippen LogP contribution in [0.15, 0.2) is 28.9 Å². The summed E-state index contributed by atoms with van der Waals surface area (Å²) in [5.41, 5.74) is 6.52. The van der Waals surface area contributed by atoms with Gasteiger partial charge >= 0.3 is 0 Å². The SMILES string of the molecule is CN(Cc1ccc(Br)c(F)c1)Cc1cnc(N)s1. The fourth-order valence-electron chi connectivity index (χ4n) is 1.67. The van der Waals surface area contributed by atoms with E-state index in [1.165, 1.54) is 11.3 Å². The van der Waals surface area contributed by atoms with Crippen LogP contribution in [0.2, 0.25) is 0 Å². The maximum Gasteiger partial charge on any atom is 0.180 e. The monoisotopic (exact) mass is 329 g/mol. The first-order valence-electron chi connectivity index (χ1n) is 5.37. The fraction of sp³-hybridized carbons (Fsp3) is 0.250. The minimum atomic E-state index is -0.233. The highest BCUT2D eigenvalue weighted by Gasteiger charge is 2.06. The molecule has 0 radical (unpaired) electrons. The molecule has 6 heteroatoms. The van der Waals surface area contributed by atoms with Crippen LogP contribution in [0, 0.1) is 5.82 Å². The largest absolute Gasteiger partial charge is 0.375 e. The van der Waals surface area contributed by atoms with E-state index in [1.807, 2.05) is 13.1 Å². The van der Waals surface area contributed by atoms with Gasteiger partial charge in [-0.05, 0) is 40.7 Å². The van der Waals surface area contributed by atoms with Gasteiger partial charge in [-0.2, -0.15) is 0 Å². The number of benzene rings is 1. The van der Waals surface area contributed by atoms with E-state index in [4.69, 9.17) is 5.73 Å². The first kappa shape index (κ1) is 13.5. The lowest BCUT2D eigenvalue weighted by Gasteiger charge is -2.15. The summed E-state index contributed by atoms with van der Waals surface area (Å²) in [6.45, 7) is 1.44. The van der Waals surface area contributed by atoms with Crippen LogP contribution < -0.4 is 5.73 Å². The van der Waals surface area contributed by atoms with Gasteiger partial charge in [0.15, 0.2) is 5.13 Å². The maximum atomic E-state index is 13.4. The predicted octanol–water partition coefficient (Wildman–Crippen LogP) is 3.26. The van der Waals surface area contributed by atoms with Crippen molar-refractivity contribution in [2.45, 2.75) is 13.1 Å². The first-order chi connectivity index (χ1) is 8.54. The molecule has 3 nitrogen and oxygen atoms in total. The molecule has 0 atom stereocenters. The standard InChI is InChI=1S/C12H13BrFN3S/c1-17(7-9-5-16-12(15)18-9)6-8-2-3-10(13)11(14)4-8/h2-5H,6-7H2,1H3,(H2,15,16). The number of nitrogen functional groups attached to an aromatic ring is 1. The zero-order valence-electron chi connectivity index (χ0n) is 9.86. The molecule has 2 rings (SSSR count). The van der Waals surface area contributed by atoms with Crippen LogP contribution in [-0.4, -0.2) is 16.9 Å². The molecule has 0 saturated heterocycles. The summed E-state index contributed by atoms with van der Waals surface area (Å²) in [5.74, 6) is -0.233. The van der Waals surface area contributed by atoms with Crippen molar-refractivity contribution in [2.75, 3.05) is 12.8 Å². The van der Waals surface area contributed by atoms with Crippen molar-refractivity contribution in [2.24, 2.45) is 0 Å². The molecule has 96 valence electrons. The maximum absolute atomic E-state index is 13.4. The summed E-state index contributed by atoms with van der Waals surface area (Å²) in [4.78, 5) is 7.20. The molecule has 0 aliphatic heterocycles. The summed E-state index contributed by atoms with van der Waals surface area (Å²) in [7, 11) is 1.98. The summed E-state index contributed by atoms with van der Waals surface area (Å²) in [5, 5.41) is 0.577. The zero-order chi connectivity index (χ0) is 13.1. The molecule has 1 aromatic heterocycles. The van der Waals surface area contributed by atoms with Crippen LogP contribution in [0.3, 0.4) is 0 Å². The molecule has 0 fully saturated rings. The van der Waals surface area contributed by atoms with E-state index in [-0.39, 0.29) is 5.82 Å². The average molecular weight is 330 g/mol. The minimum Gasteiger partial charge on any atom is -0.375 e. The quantitative estimate of drug-likeness (QED) is 0.936. The van der Waals surface area contributed by atoms with Crippen LogP contribution in [0.1, 0.15) is 10.4 Å². The number of hydrogen-bond acceptors (Lipinski definition) is 4. The first-order valence-corrected chi connectivity index (χ1v) is 6.98. The van der Waals surface area contributed by atoms with Gasteiger partial charge in [-0.15, -0.1) is 11.3 Å². The number of nitrogens with zero attached hydrogens (tertiary/aromatic N) is 2. The highest BCUT2D eigenvalue weighted by atomic mass is 79.9. The Morgan fingerprint density at radius 2 is 2.22 bits per heavy atom. The zero-order valence-corrected chi connectivity index (χ0v) is 12.3. The Labute approximate surface area is 118 Å². The number of anilines is 1. The van der Waals surface area contributed by atoms with Crippen molar-refractivity contribution < 1.29 is 4.39 Å². The third kappa shape index (κ3) is 3.51. The number of aromatic nitrogens is 1. The minimum absolute atomic E-state index is 0.233. The van der Waals surface area contributed by atoms with Gasteiger partial charge in [-0.3, -0.25) is 4.90 Å². The van der Waals surface area contributed by atoms with Gasteiger partial charge in [0.2, 0.25) is 0 Å². The predicted molar refractivity (Wildman–Crippen MR) is 75.8 cm³/mol. The second-order valence-electron chi connectivity index (χ2n) is 4.09. The second kappa shape index (κ2) is 5.77. The number of hydrogen-bond donors (Lipinski definition) is 1. The molecule has 1 aromatic carbocycles. The molecule has 18 heavy (non-hydrogen) atoms. The summed E-state index contributed by atoms with van der Waals surface area (Å²) in [6.07, 6.45) is 1.78. The van der Waals surface area contributed by atoms with E-state index in [2.05, 4.69) is 25.8 Å². The highest BCUT2D eigenvalue weighted by molar-refractivity contribution is 9.10. The molecule has 0 spiro atoms. The average Bonchev–Trinajstić information content (AvgIpc) is 2.69. The summed E-state index contributed by atoms with van der Waals surface area (Å²) >= 11 is 4.62. The Kier molecular flexibility index (Phi) is 4.31. The van der Waals surface area contributed by atoms with Crippen LogP contribution in [0.5, 0.6) is 0 Å². The molecule has 2 N–H and O–H groups in total. The number of nitrogens with two attached hydrogens (primary N) is 1. The molecular formula is C12H13BrFN3S. The molecule has 0 bridgehead atoms. The van der Waals surface area contributed by atoms with Crippen molar-refractivity contribution in [3.63, 3.8) is 0 Å². The molecular weight excluding hydrogens is 317 g/mol. The van der Waals surface area contributed by atoms with Gasteiger partial charge in [0.25, 0.3) is 0 Å². The Balaban J connectivity index is 1.98. The van der Waals surface area contributed by atoms with E-state index in [1.54, 1.807) is 18.3 Å². The van der Waals surface area contributed by atoms with E-state index in [0.29, 0.717) is 16.1 Å². The van der Waals surface area contributed by atoms with Crippen LogP contribution in [0.4, 0.5) is 9.52 Å². The highest BCUT2D eigenvalue weighted by Crippen LogP contribution is 2.19. The second-order valence-corrected chi connectivity index (χ2v) is 6.09. The van der Waals surface area contributed by atoms with E-state index >= 15 is 0 Å². The van der Waals surface area contributed by atoms with Crippen molar-refractivity contribution in [1.29, 1.82) is 0 Å². The molecule has 0 unspecified atom stereocenters. The smallest absolute Gasteiger partial charge is 0.180 e. The van der Waals surface area contributed by atoms with E-state index in [0.717, 1.165) is 17.0 Å². The number of rotatable bonds is 4. The van der Waals surface area contributed by atoms with Gasteiger partial charge in [-0.25, -0.2) is 9.37 Å². The molecule has 0 aliphatic rings. The van der Waals surface area contributed by atoms with E-state index < -0.39 is 0 Å². The Bertz CT molecular complexity index is 544. The van der Waals surface area contributed by atoms with Crippen molar-refractivity contribution in [3.05, 3.63) is 45.1 Å². The van der Waals surface area contributed by atoms with Crippen LogP contribution in [0.25, 0.3) is 0 Å². The summed E-state index contributed by atoms with van der Waals surface area (Å²) < 4.78 is 13.9. The van der Waals surface area contributed by atoms with Gasteiger partial charge in [0.05, 0.1) is 4.47 Å². The van der Waals surface area contributed by atoms with Crippen molar-refractivity contribution in [1.82, 2.24) is 9.88 Å². The van der Waals surface area contributed by atoms with Gasteiger partial charge in [0, 0.05) is 24.2 Å². The lowest BCUT2D eigenvalue weighted by molar-refractivity contribution is 0.321. The lowest BCUT2D eigenvalue weighted by Crippen LogP contribution is -2.16. The van der Waals surface area contributed by atoms with Gasteiger partial charge in [-0.1, -0.05) is 6.07 Å². The molecule has 1 heterocycles. The third-order valence-corrected chi connectivity index (χ3v) is 3.89. The normalized spacial score (nSPS) is 11.1. The Morgan fingerprint density at radius 3 is 2.83 bits per heavy atom. The molecule has 0 saturated carbocycles. The molecule has 2 aromatic rings. The van der Waals surface area contributed by atoms with Gasteiger partial charge < -0.3 is 5.73 Å². The Hall–Kier alpha value is -0.980.